The lowest BCUT2D eigenvalue weighted by Crippen LogP contribution is -2.23. The lowest BCUT2D eigenvalue weighted by Gasteiger charge is -2.18. The van der Waals surface area contributed by atoms with Crippen LogP contribution in [0.5, 0.6) is 5.88 Å². The number of pyridine rings is 1. The molecule has 0 radical (unpaired) electrons. The van der Waals surface area contributed by atoms with E-state index < -0.39 is 11.4 Å². The van der Waals surface area contributed by atoms with E-state index in [1.807, 2.05) is 13.0 Å². The monoisotopic (exact) mass is 426 g/mol. The van der Waals surface area contributed by atoms with Gasteiger partial charge in [0.15, 0.2) is 17.3 Å². The molecule has 8 nitrogen and oxygen atoms in total. The lowest BCUT2D eigenvalue weighted by molar-refractivity contribution is 0.0979. The summed E-state index contributed by atoms with van der Waals surface area (Å²) in [6.07, 6.45) is 0.556. The van der Waals surface area contributed by atoms with Crippen LogP contribution in [0.2, 0.25) is 0 Å². The quantitative estimate of drug-likeness (QED) is 0.486. The van der Waals surface area contributed by atoms with E-state index in [4.69, 9.17) is 0 Å². The lowest BCUT2D eigenvalue weighted by atomic mass is 9.83. The van der Waals surface area contributed by atoms with E-state index in [2.05, 4.69) is 10.2 Å². The molecule has 1 aliphatic carbocycles. The Morgan fingerprint density at radius 1 is 0.969 bits per heavy atom. The number of nitrogens with zero attached hydrogens (tertiary/aromatic N) is 4. The molecule has 0 unspecified atom stereocenters. The summed E-state index contributed by atoms with van der Waals surface area (Å²) in [5, 5.41) is 28.3. The van der Waals surface area contributed by atoms with Crippen molar-refractivity contribution in [2.24, 2.45) is 10.2 Å². The molecule has 1 aromatic heterocycles. The summed E-state index contributed by atoms with van der Waals surface area (Å²) >= 11 is 0. The van der Waals surface area contributed by atoms with Gasteiger partial charge in [0.1, 0.15) is 11.6 Å². The van der Waals surface area contributed by atoms with Crippen LogP contribution >= 0.6 is 0 Å². The van der Waals surface area contributed by atoms with Gasteiger partial charge >= 0.3 is 0 Å². The van der Waals surface area contributed by atoms with Gasteiger partial charge in [-0.25, -0.2) is 0 Å². The predicted octanol–water partition coefficient (Wildman–Crippen LogP) is 4.33. The summed E-state index contributed by atoms with van der Waals surface area (Å²) in [5.41, 5.74) is 0.525. The van der Waals surface area contributed by atoms with Crippen molar-refractivity contribution in [3.8, 4) is 11.9 Å². The molecule has 1 aliphatic rings. The molecule has 0 atom stereocenters. The second-order valence-electron chi connectivity index (χ2n) is 7.34. The molecular weight excluding hydrogens is 408 g/mol. The first-order valence-corrected chi connectivity index (χ1v) is 10.00. The zero-order chi connectivity index (χ0) is 23.0. The number of aromatic hydroxyl groups is 1. The molecule has 1 N–H and O–H groups in total. The minimum Gasteiger partial charge on any atom is -0.493 e. The molecule has 1 heterocycles. The van der Waals surface area contributed by atoms with Crippen LogP contribution in [0.15, 0.2) is 57.5 Å². The third kappa shape index (κ3) is 3.11. The third-order valence-corrected chi connectivity index (χ3v) is 5.40. The van der Waals surface area contributed by atoms with Crippen molar-refractivity contribution in [2.45, 2.75) is 26.8 Å². The van der Waals surface area contributed by atoms with E-state index in [1.165, 1.54) is 6.92 Å². The van der Waals surface area contributed by atoms with Gasteiger partial charge in [-0.3, -0.25) is 19.0 Å². The Balaban J connectivity index is 1.88. The zero-order valence-corrected chi connectivity index (χ0v) is 17.4. The second-order valence-corrected chi connectivity index (χ2v) is 7.34. The van der Waals surface area contributed by atoms with Crippen LogP contribution in [0.1, 0.15) is 56.3 Å². The van der Waals surface area contributed by atoms with Gasteiger partial charge in [-0.1, -0.05) is 43.3 Å². The zero-order valence-electron chi connectivity index (χ0n) is 17.4. The van der Waals surface area contributed by atoms with Crippen molar-refractivity contribution in [1.29, 1.82) is 5.26 Å². The maximum atomic E-state index is 13.1. The van der Waals surface area contributed by atoms with E-state index >= 15 is 0 Å². The minimum atomic E-state index is -0.599. The largest absolute Gasteiger partial charge is 0.493 e. The van der Waals surface area contributed by atoms with Crippen LogP contribution < -0.4 is 5.56 Å². The average molecular weight is 426 g/mol. The molecule has 0 bridgehead atoms. The van der Waals surface area contributed by atoms with Crippen molar-refractivity contribution < 1.29 is 14.7 Å². The van der Waals surface area contributed by atoms with Crippen molar-refractivity contribution in [3.05, 3.63) is 86.2 Å². The fourth-order valence-corrected chi connectivity index (χ4v) is 3.80. The van der Waals surface area contributed by atoms with Gasteiger partial charge in [0.05, 0.1) is 11.3 Å². The number of nitriles is 1. The highest BCUT2D eigenvalue weighted by atomic mass is 16.3. The number of hydrogen-bond donors (Lipinski definition) is 1. The number of azo groups is 1. The number of ketones is 2. The standard InChI is InChI=1S/C24H18N4O4/c1-3-11-28-23(31)17(12-25)13(2)20(24(28)32)27-26-18-10-6-9-16-19(18)22(30)15-8-5-4-7-14(15)21(16)29/h4-10,32H,3,11H2,1-2H3/b27-26+. The molecule has 8 heteroatoms. The van der Waals surface area contributed by atoms with E-state index in [-0.39, 0.29) is 57.3 Å². The van der Waals surface area contributed by atoms with E-state index in [0.29, 0.717) is 12.0 Å². The van der Waals surface area contributed by atoms with Gasteiger partial charge in [0, 0.05) is 28.8 Å². The minimum absolute atomic E-state index is 0.0396. The van der Waals surface area contributed by atoms with E-state index in [0.717, 1.165) is 4.57 Å². The van der Waals surface area contributed by atoms with Crippen molar-refractivity contribution in [1.82, 2.24) is 4.57 Å². The predicted molar refractivity (Wildman–Crippen MR) is 116 cm³/mol. The smallest absolute Gasteiger partial charge is 0.271 e. The molecule has 0 saturated heterocycles. The van der Waals surface area contributed by atoms with Gasteiger partial charge in [-0.2, -0.15) is 5.26 Å². The third-order valence-electron chi connectivity index (χ3n) is 5.40. The van der Waals surface area contributed by atoms with Gasteiger partial charge in [-0.15, -0.1) is 10.2 Å². The van der Waals surface area contributed by atoms with Crippen molar-refractivity contribution >= 4 is 22.9 Å². The molecule has 0 aliphatic heterocycles. The van der Waals surface area contributed by atoms with Crippen LogP contribution in [-0.4, -0.2) is 21.2 Å². The molecule has 0 saturated carbocycles. The van der Waals surface area contributed by atoms with Gasteiger partial charge in [0.2, 0.25) is 5.88 Å². The summed E-state index contributed by atoms with van der Waals surface area (Å²) in [4.78, 5) is 38.5. The molecule has 0 fully saturated rings. The maximum Gasteiger partial charge on any atom is 0.271 e. The first kappa shape index (κ1) is 20.9. The fourth-order valence-electron chi connectivity index (χ4n) is 3.80. The Bertz CT molecular complexity index is 1430. The molecule has 0 spiro atoms. The number of hydrogen-bond acceptors (Lipinski definition) is 7. The van der Waals surface area contributed by atoms with Crippen LogP contribution in [-0.2, 0) is 6.54 Å². The number of carbonyl (C=O) groups excluding carboxylic acids is 2. The summed E-state index contributed by atoms with van der Waals surface area (Å²) in [6, 6.07) is 13.1. The number of aromatic nitrogens is 1. The fraction of sp³-hybridized carbons (Fsp3) is 0.167. The molecule has 2 aromatic carbocycles. The van der Waals surface area contributed by atoms with Crippen molar-refractivity contribution in [3.63, 3.8) is 0 Å². The Kier molecular flexibility index (Phi) is 5.24. The molecule has 0 amide bonds. The Morgan fingerprint density at radius 2 is 1.62 bits per heavy atom. The summed E-state index contributed by atoms with van der Waals surface area (Å²) in [6.45, 7) is 3.53. The number of carbonyl (C=O) groups is 2. The first-order chi connectivity index (χ1) is 15.4. The summed E-state index contributed by atoms with van der Waals surface area (Å²) in [5.74, 6) is -1.04. The molecule has 3 aromatic rings. The van der Waals surface area contributed by atoms with E-state index in [9.17, 15) is 24.8 Å². The molecule has 158 valence electrons. The number of rotatable bonds is 4. The number of benzene rings is 2. The van der Waals surface area contributed by atoms with Crippen LogP contribution in [0.25, 0.3) is 0 Å². The van der Waals surface area contributed by atoms with Gasteiger partial charge in [0.25, 0.3) is 5.56 Å². The second kappa shape index (κ2) is 8.04. The highest BCUT2D eigenvalue weighted by Gasteiger charge is 2.31. The van der Waals surface area contributed by atoms with Crippen LogP contribution in [0.4, 0.5) is 11.4 Å². The normalized spacial score (nSPS) is 12.5. The SMILES string of the molecule is CCCn1c(O)c(/N=N/c2cccc3c2C(=O)c2ccccc2C3=O)c(C)c(C#N)c1=O. The Hall–Kier alpha value is -4.38. The topological polar surface area (TPSA) is 125 Å². The first-order valence-electron chi connectivity index (χ1n) is 10.00. The number of fused-ring (bicyclic) bond motifs is 2. The average Bonchev–Trinajstić information content (AvgIpc) is 2.80. The van der Waals surface area contributed by atoms with Crippen LogP contribution in [0.3, 0.4) is 0 Å². The van der Waals surface area contributed by atoms with E-state index in [1.54, 1.807) is 42.5 Å². The molecule has 4 rings (SSSR count). The highest BCUT2D eigenvalue weighted by molar-refractivity contribution is 6.29. The summed E-state index contributed by atoms with van der Waals surface area (Å²) in [7, 11) is 0. The Morgan fingerprint density at radius 3 is 2.28 bits per heavy atom. The highest BCUT2D eigenvalue weighted by Crippen LogP contribution is 2.36. The van der Waals surface area contributed by atoms with Crippen molar-refractivity contribution in [2.75, 3.05) is 0 Å². The van der Waals surface area contributed by atoms with Gasteiger partial charge in [-0.05, 0) is 19.4 Å². The molecule has 32 heavy (non-hydrogen) atoms. The summed E-state index contributed by atoms with van der Waals surface area (Å²) < 4.78 is 1.07. The maximum absolute atomic E-state index is 13.1. The van der Waals surface area contributed by atoms with Crippen LogP contribution in [0, 0.1) is 18.3 Å². The Labute approximate surface area is 183 Å². The molecular formula is C24H18N4O4. The van der Waals surface area contributed by atoms with Gasteiger partial charge < -0.3 is 5.11 Å².